The summed E-state index contributed by atoms with van der Waals surface area (Å²) in [5.41, 5.74) is 7.58. The van der Waals surface area contributed by atoms with Gasteiger partial charge in [0.1, 0.15) is 5.82 Å². The molecule has 1 heterocycles. The van der Waals surface area contributed by atoms with E-state index in [1.807, 2.05) is 18.7 Å². The molecule has 0 unspecified atom stereocenters. The first-order chi connectivity index (χ1) is 8.49. The Bertz CT molecular complexity index is 397. The van der Waals surface area contributed by atoms with Gasteiger partial charge in [0.05, 0.1) is 16.4 Å². The van der Waals surface area contributed by atoms with Crippen molar-refractivity contribution in [1.29, 1.82) is 0 Å². The largest absolute Gasteiger partial charge is 0.397 e. The predicted molar refractivity (Wildman–Crippen MR) is 86.4 cm³/mol. The topological polar surface area (TPSA) is 50.9 Å². The van der Waals surface area contributed by atoms with E-state index in [0.29, 0.717) is 0 Å². The highest BCUT2D eigenvalue weighted by molar-refractivity contribution is 9.10. The van der Waals surface area contributed by atoms with Crippen LogP contribution in [-0.4, -0.2) is 22.5 Å². The molecule has 3 nitrogen and oxygen atoms in total. The normalized spacial score (nSPS) is 11.6. The number of rotatable bonds is 6. The molecule has 0 aliphatic rings. The lowest BCUT2D eigenvalue weighted by Crippen LogP contribution is -2.32. The molecule has 0 aliphatic carbocycles. The fourth-order valence-corrected chi connectivity index (χ4v) is 3.09. The zero-order chi connectivity index (χ0) is 13.8. The Hall–Kier alpha value is -0.420. The van der Waals surface area contributed by atoms with Crippen LogP contribution in [0.3, 0.4) is 0 Å². The molecule has 0 bridgehead atoms. The molecule has 0 saturated heterocycles. The molecule has 1 aromatic rings. The lowest BCUT2D eigenvalue weighted by atomic mass is 10.0. The van der Waals surface area contributed by atoms with E-state index < -0.39 is 0 Å². The summed E-state index contributed by atoms with van der Waals surface area (Å²) in [6.45, 7) is 7.38. The number of nitrogens with zero attached hydrogens (tertiary/aromatic N) is 1. The Morgan fingerprint density at radius 1 is 1.44 bits per heavy atom. The summed E-state index contributed by atoms with van der Waals surface area (Å²) in [5.74, 6) is 0.877. The van der Waals surface area contributed by atoms with Crippen LogP contribution in [0.2, 0.25) is 0 Å². The molecule has 0 saturated carbocycles. The third-order valence-corrected chi connectivity index (χ3v) is 6.16. The van der Waals surface area contributed by atoms with E-state index in [1.165, 1.54) is 0 Å². The molecule has 0 amide bonds. The second-order valence-electron chi connectivity index (χ2n) is 4.45. The van der Waals surface area contributed by atoms with Crippen LogP contribution in [0.1, 0.15) is 32.3 Å². The van der Waals surface area contributed by atoms with Crippen LogP contribution in [-0.2, 0) is 0 Å². The number of hydrogen-bond acceptors (Lipinski definition) is 4. The van der Waals surface area contributed by atoms with Crippen molar-refractivity contribution in [3.8, 4) is 0 Å². The molecule has 0 aliphatic heterocycles. The first-order valence-corrected chi connectivity index (χ1v) is 8.21. The zero-order valence-electron chi connectivity index (χ0n) is 11.5. The van der Waals surface area contributed by atoms with Gasteiger partial charge in [0.25, 0.3) is 0 Å². The number of halogens is 1. The average Bonchev–Trinajstić information content (AvgIpc) is 2.40. The van der Waals surface area contributed by atoms with Crippen LogP contribution in [0.25, 0.3) is 0 Å². The van der Waals surface area contributed by atoms with Crippen molar-refractivity contribution in [3.63, 3.8) is 0 Å². The molecule has 0 spiro atoms. The highest BCUT2D eigenvalue weighted by Crippen LogP contribution is 2.33. The number of nitrogens with one attached hydrogen (secondary N) is 1. The summed E-state index contributed by atoms with van der Waals surface area (Å²) in [7, 11) is 0. The summed E-state index contributed by atoms with van der Waals surface area (Å²) in [4.78, 5) is 4.35. The van der Waals surface area contributed by atoms with Gasteiger partial charge in [0.2, 0.25) is 0 Å². The number of hydrogen-bond donors (Lipinski definition) is 2. The van der Waals surface area contributed by atoms with Crippen LogP contribution in [0, 0.1) is 6.92 Å². The molecule has 0 aromatic carbocycles. The minimum absolute atomic E-state index is 0.274. The highest BCUT2D eigenvalue weighted by Gasteiger charge is 2.25. The van der Waals surface area contributed by atoms with Crippen molar-refractivity contribution in [2.24, 2.45) is 0 Å². The quantitative estimate of drug-likeness (QED) is 0.824. The number of pyridine rings is 1. The lowest BCUT2D eigenvalue weighted by Gasteiger charge is -2.30. The van der Waals surface area contributed by atoms with Crippen LogP contribution < -0.4 is 11.1 Å². The summed E-state index contributed by atoms with van der Waals surface area (Å²) >= 11 is 5.47. The Labute approximate surface area is 122 Å². The number of anilines is 2. The van der Waals surface area contributed by atoms with E-state index in [9.17, 15) is 0 Å². The first-order valence-electron chi connectivity index (χ1n) is 6.19. The van der Waals surface area contributed by atoms with E-state index in [2.05, 4.69) is 46.3 Å². The molecule has 5 heteroatoms. The summed E-state index contributed by atoms with van der Waals surface area (Å²) < 4.78 is 1.24. The molecule has 1 aromatic heterocycles. The SMILES string of the molecule is CCC(CC)(CNc1ncc(N)c(C)c1Br)SC. The predicted octanol–water partition coefficient (Wildman–Crippen LogP) is 4.07. The number of aromatic nitrogens is 1. The second-order valence-corrected chi connectivity index (χ2v) is 6.52. The third kappa shape index (κ3) is 3.32. The first kappa shape index (κ1) is 15.6. The molecule has 102 valence electrons. The van der Waals surface area contributed by atoms with Crippen molar-refractivity contribution in [1.82, 2.24) is 4.98 Å². The molecule has 1 rings (SSSR count). The van der Waals surface area contributed by atoms with Crippen LogP contribution >= 0.6 is 27.7 Å². The van der Waals surface area contributed by atoms with Gasteiger partial charge in [-0.05, 0) is 47.5 Å². The van der Waals surface area contributed by atoms with Crippen LogP contribution in [0.15, 0.2) is 10.7 Å². The summed E-state index contributed by atoms with van der Waals surface area (Å²) in [6, 6.07) is 0. The molecular formula is C13H22BrN3S. The number of thioether (sulfide) groups is 1. The van der Waals surface area contributed by atoms with Gasteiger partial charge in [-0.1, -0.05) is 13.8 Å². The van der Waals surface area contributed by atoms with Gasteiger partial charge in [-0.3, -0.25) is 0 Å². The van der Waals surface area contributed by atoms with Gasteiger partial charge in [-0.15, -0.1) is 0 Å². The lowest BCUT2D eigenvalue weighted by molar-refractivity contribution is 0.574. The second kappa shape index (κ2) is 6.66. The maximum absolute atomic E-state index is 5.83. The van der Waals surface area contributed by atoms with Gasteiger partial charge < -0.3 is 11.1 Å². The molecule has 0 atom stereocenters. The van der Waals surface area contributed by atoms with Gasteiger partial charge in [0.15, 0.2) is 0 Å². The van der Waals surface area contributed by atoms with Gasteiger partial charge >= 0.3 is 0 Å². The third-order valence-electron chi connectivity index (χ3n) is 3.60. The molecule has 0 fully saturated rings. The van der Waals surface area contributed by atoms with Crippen LogP contribution in [0.5, 0.6) is 0 Å². The van der Waals surface area contributed by atoms with Crippen molar-refractivity contribution in [2.45, 2.75) is 38.4 Å². The fourth-order valence-electron chi connectivity index (χ4n) is 1.82. The van der Waals surface area contributed by atoms with Gasteiger partial charge in [0, 0.05) is 11.3 Å². The molecule has 18 heavy (non-hydrogen) atoms. The fraction of sp³-hybridized carbons (Fsp3) is 0.615. The van der Waals surface area contributed by atoms with Crippen molar-refractivity contribution >= 4 is 39.2 Å². The Morgan fingerprint density at radius 2 is 2.06 bits per heavy atom. The van der Waals surface area contributed by atoms with E-state index >= 15 is 0 Å². The van der Waals surface area contributed by atoms with E-state index in [4.69, 9.17) is 5.73 Å². The van der Waals surface area contributed by atoms with Crippen molar-refractivity contribution in [3.05, 3.63) is 16.2 Å². The Balaban J connectivity index is 2.83. The molecular weight excluding hydrogens is 310 g/mol. The minimum Gasteiger partial charge on any atom is -0.397 e. The molecule has 3 N–H and O–H groups in total. The maximum Gasteiger partial charge on any atom is 0.140 e. The van der Waals surface area contributed by atoms with Crippen molar-refractivity contribution in [2.75, 3.05) is 23.9 Å². The number of nitrogen functional groups attached to an aromatic ring is 1. The average molecular weight is 332 g/mol. The highest BCUT2D eigenvalue weighted by atomic mass is 79.9. The summed E-state index contributed by atoms with van der Waals surface area (Å²) in [5, 5.41) is 3.44. The Morgan fingerprint density at radius 3 is 2.56 bits per heavy atom. The summed E-state index contributed by atoms with van der Waals surface area (Å²) in [6.07, 6.45) is 6.17. The standard InChI is InChI=1S/C13H22BrN3S/c1-5-13(6-2,18-4)8-17-12-11(14)9(3)10(15)7-16-12/h7H,5-6,8,15H2,1-4H3,(H,16,17). The maximum atomic E-state index is 5.83. The monoisotopic (exact) mass is 331 g/mol. The Kier molecular flexibility index (Phi) is 5.79. The van der Waals surface area contributed by atoms with Crippen LogP contribution in [0.4, 0.5) is 11.5 Å². The van der Waals surface area contributed by atoms with Gasteiger partial charge in [-0.2, -0.15) is 11.8 Å². The smallest absolute Gasteiger partial charge is 0.140 e. The molecule has 0 radical (unpaired) electrons. The van der Waals surface area contributed by atoms with E-state index in [-0.39, 0.29) is 4.75 Å². The van der Waals surface area contributed by atoms with Crippen molar-refractivity contribution < 1.29 is 0 Å². The van der Waals surface area contributed by atoms with E-state index in [0.717, 1.165) is 40.9 Å². The van der Waals surface area contributed by atoms with Gasteiger partial charge in [-0.25, -0.2) is 4.98 Å². The zero-order valence-corrected chi connectivity index (χ0v) is 13.9. The van der Waals surface area contributed by atoms with E-state index in [1.54, 1.807) is 6.20 Å². The number of nitrogens with two attached hydrogens (primary N) is 1. The minimum atomic E-state index is 0.274.